The Morgan fingerprint density at radius 2 is 1.80 bits per heavy atom. The van der Waals surface area contributed by atoms with Crippen molar-refractivity contribution in [1.29, 1.82) is 0 Å². The quantitative estimate of drug-likeness (QED) is 0.859. The van der Waals surface area contributed by atoms with Gasteiger partial charge in [-0.2, -0.15) is 0 Å². The van der Waals surface area contributed by atoms with Gasteiger partial charge >= 0.3 is 0 Å². The zero-order valence-corrected chi connectivity index (χ0v) is 12.7. The van der Waals surface area contributed by atoms with Gasteiger partial charge in [0, 0.05) is 18.3 Å². The smallest absolute Gasteiger partial charge is 0.0570 e. The first-order valence-electron chi connectivity index (χ1n) is 7.26. The second kappa shape index (κ2) is 6.67. The third-order valence-electron chi connectivity index (χ3n) is 3.73. The Balaban J connectivity index is 1.86. The molecule has 0 radical (unpaired) electrons. The molecule has 1 aromatic heterocycles. The molecule has 0 saturated carbocycles. The van der Waals surface area contributed by atoms with Crippen LogP contribution in [0, 0.1) is 6.92 Å². The second-order valence-corrected chi connectivity index (χ2v) is 5.99. The molecule has 0 amide bonds. The number of hydrogen-bond acceptors (Lipinski definition) is 2. The van der Waals surface area contributed by atoms with E-state index in [0.29, 0.717) is 0 Å². The lowest BCUT2D eigenvalue weighted by Gasteiger charge is -2.26. The van der Waals surface area contributed by atoms with Crippen LogP contribution in [-0.2, 0) is 13.0 Å². The first kappa shape index (κ1) is 14.7. The van der Waals surface area contributed by atoms with E-state index in [0.717, 1.165) is 25.1 Å². The summed E-state index contributed by atoms with van der Waals surface area (Å²) in [5.41, 5.74) is 3.90. The predicted molar refractivity (Wildman–Crippen MR) is 84.7 cm³/mol. The predicted octanol–water partition coefficient (Wildman–Crippen LogP) is 3.89. The van der Waals surface area contributed by atoms with Crippen LogP contribution in [0.25, 0.3) is 0 Å². The molecular formula is C18H24N2. The molecule has 2 rings (SSSR count). The molecule has 0 atom stereocenters. The highest BCUT2D eigenvalue weighted by atomic mass is 15.0. The van der Waals surface area contributed by atoms with Crippen molar-refractivity contribution in [2.75, 3.05) is 0 Å². The van der Waals surface area contributed by atoms with Gasteiger partial charge in [-0.05, 0) is 50.8 Å². The minimum absolute atomic E-state index is 0.111. The number of pyridine rings is 1. The topological polar surface area (TPSA) is 24.9 Å². The summed E-state index contributed by atoms with van der Waals surface area (Å²) in [6, 6.07) is 14.8. The van der Waals surface area contributed by atoms with Gasteiger partial charge in [-0.25, -0.2) is 0 Å². The van der Waals surface area contributed by atoms with E-state index in [1.165, 1.54) is 11.1 Å². The van der Waals surface area contributed by atoms with Crippen LogP contribution < -0.4 is 5.32 Å². The molecule has 0 saturated heterocycles. The molecule has 1 N–H and O–H groups in total. The zero-order chi connectivity index (χ0) is 14.4. The average Bonchev–Trinajstić information content (AvgIpc) is 2.46. The van der Waals surface area contributed by atoms with Crippen LogP contribution in [-0.4, -0.2) is 10.5 Å². The summed E-state index contributed by atoms with van der Waals surface area (Å²) < 4.78 is 0. The molecule has 1 aromatic carbocycles. The van der Waals surface area contributed by atoms with Gasteiger partial charge in [0.2, 0.25) is 0 Å². The minimum atomic E-state index is 0.111. The number of benzene rings is 1. The summed E-state index contributed by atoms with van der Waals surface area (Å²) in [6.07, 6.45) is 4.08. The molecule has 106 valence electrons. The molecule has 0 aliphatic rings. The highest BCUT2D eigenvalue weighted by Gasteiger charge is 2.17. The van der Waals surface area contributed by atoms with Crippen molar-refractivity contribution in [2.24, 2.45) is 0 Å². The van der Waals surface area contributed by atoms with E-state index in [2.05, 4.69) is 67.5 Å². The van der Waals surface area contributed by atoms with Crippen molar-refractivity contribution in [3.8, 4) is 0 Å². The Bertz CT molecular complexity index is 532. The van der Waals surface area contributed by atoms with Crippen molar-refractivity contribution < 1.29 is 0 Å². The van der Waals surface area contributed by atoms with E-state index >= 15 is 0 Å². The summed E-state index contributed by atoms with van der Waals surface area (Å²) in [6.45, 7) is 7.46. The minimum Gasteiger partial charge on any atom is -0.306 e. The summed E-state index contributed by atoms with van der Waals surface area (Å²) in [5, 5.41) is 3.62. The van der Waals surface area contributed by atoms with Crippen LogP contribution in [0.1, 0.15) is 37.1 Å². The Labute approximate surface area is 122 Å². The lowest BCUT2D eigenvalue weighted by atomic mass is 9.95. The molecule has 0 unspecified atom stereocenters. The van der Waals surface area contributed by atoms with Gasteiger partial charge in [0.1, 0.15) is 0 Å². The first-order valence-corrected chi connectivity index (χ1v) is 7.26. The Hall–Kier alpha value is -1.67. The van der Waals surface area contributed by atoms with Gasteiger partial charge in [0.25, 0.3) is 0 Å². The van der Waals surface area contributed by atoms with Gasteiger partial charge in [0.05, 0.1) is 5.69 Å². The molecule has 2 nitrogen and oxygen atoms in total. The van der Waals surface area contributed by atoms with E-state index in [1.807, 2.05) is 12.3 Å². The van der Waals surface area contributed by atoms with E-state index in [9.17, 15) is 0 Å². The fraction of sp³-hybridized carbons (Fsp3) is 0.389. The molecule has 0 aliphatic carbocycles. The van der Waals surface area contributed by atoms with E-state index in [4.69, 9.17) is 0 Å². The first-order chi connectivity index (χ1) is 9.57. The summed E-state index contributed by atoms with van der Waals surface area (Å²) in [4.78, 5) is 4.44. The molecule has 20 heavy (non-hydrogen) atoms. The number of nitrogens with zero attached hydrogens (tertiary/aromatic N) is 1. The monoisotopic (exact) mass is 268 g/mol. The van der Waals surface area contributed by atoms with Gasteiger partial charge < -0.3 is 5.32 Å². The highest BCUT2D eigenvalue weighted by Crippen LogP contribution is 2.15. The van der Waals surface area contributed by atoms with Crippen LogP contribution in [0.5, 0.6) is 0 Å². The molecular weight excluding hydrogens is 244 g/mol. The third kappa shape index (κ3) is 4.46. The maximum Gasteiger partial charge on any atom is 0.0570 e. The molecule has 0 spiro atoms. The number of aromatic nitrogens is 1. The molecule has 2 heteroatoms. The normalized spacial score (nSPS) is 11.6. The second-order valence-electron chi connectivity index (χ2n) is 5.99. The standard InChI is InChI=1S/C18H24N2/c1-15-8-7-13-19-17(15)14-20-18(2,3)12-11-16-9-5-4-6-10-16/h4-10,13,20H,11-12,14H2,1-3H3. The van der Waals surface area contributed by atoms with Gasteiger partial charge in [-0.3, -0.25) is 4.98 Å². The van der Waals surface area contributed by atoms with Crippen molar-refractivity contribution >= 4 is 0 Å². The van der Waals surface area contributed by atoms with Gasteiger partial charge in [0.15, 0.2) is 0 Å². The maximum absolute atomic E-state index is 4.44. The van der Waals surface area contributed by atoms with Crippen molar-refractivity contribution in [3.05, 3.63) is 65.5 Å². The lowest BCUT2D eigenvalue weighted by Crippen LogP contribution is -2.39. The maximum atomic E-state index is 4.44. The van der Waals surface area contributed by atoms with Crippen LogP contribution in [0.2, 0.25) is 0 Å². The number of rotatable bonds is 6. The van der Waals surface area contributed by atoms with E-state index < -0.39 is 0 Å². The van der Waals surface area contributed by atoms with Crippen molar-refractivity contribution in [2.45, 2.75) is 45.7 Å². The number of aryl methyl sites for hydroxylation is 2. The molecule has 0 fully saturated rings. The van der Waals surface area contributed by atoms with Crippen LogP contribution in [0.4, 0.5) is 0 Å². The van der Waals surface area contributed by atoms with Crippen LogP contribution >= 0.6 is 0 Å². The van der Waals surface area contributed by atoms with Gasteiger partial charge in [-0.1, -0.05) is 36.4 Å². The van der Waals surface area contributed by atoms with Crippen molar-refractivity contribution in [3.63, 3.8) is 0 Å². The largest absolute Gasteiger partial charge is 0.306 e. The zero-order valence-electron chi connectivity index (χ0n) is 12.7. The molecule has 0 bridgehead atoms. The third-order valence-corrected chi connectivity index (χ3v) is 3.73. The summed E-state index contributed by atoms with van der Waals surface area (Å²) in [7, 11) is 0. The Kier molecular flexibility index (Phi) is 4.91. The highest BCUT2D eigenvalue weighted by molar-refractivity contribution is 5.18. The Morgan fingerprint density at radius 3 is 2.50 bits per heavy atom. The SMILES string of the molecule is Cc1cccnc1CNC(C)(C)CCc1ccccc1. The van der Waals surface area contributed by atoms with Crippen LogP contribution in [0.3, 0.4) is 0 Å². The van der Waals surface area contributed by atoms with Gasteiger partial charge in [-0.15, -0.1) is 0 Å². The Morgan fingerprint density at radius 1 is 1.05 bits per heavy atom. The fourth-order valence-electron chi connectivity index (χ4n) is 2.22. The number of nitrogens with one attached hydrogen (secondary N) is 1. The molecule has 0 aliphatic heterocycles. The summed E-state index contributed by atoms with van der Waals surface area (Å²) >= 11 is 0. The number of hydrogen-bond donors (Lipinski definition) is 1. The fourth-order valence-corrected chi connectivity index (χ4v) is 2.22. The summed E-state index contributed by atoms with van der Waals surface area (Å²) in [5.74, 6) is 0. The van der Waals surface area contributed by atoms with E-state index in [1.54, 1.807) is 0 Å². The van der Waals surface area contributed by atoms with Crippen LogP contribution in [0.15, 0.2) is 48.7 Å². The molecule has 2 aromatic rings. The lowest BCUT2D eigenvalue weighted by molar-refractivity contribution is 0.358. The van der Waals surface area contributed by atoms with Crippen molar-refractivity contribution in [1.82, 2.24) is 10.3 Å². The van der Waals surface area contributed by atoms with E-state index in [-0.39, 0.29) is 5.54 Å². The average molecular weight is 268 g/mol. The molecule has 1 heterocycles.